The number of nitrogens with one attached hydrogen (secondary N) is 3. The number of aromatic nitrogens is 8. The molecule has 0 radical (unpaired) electrons. The second kappa shape index (κ2) is 8.71. The molecule has 0 amide bonds. The molecule has 34 heavy (non-hydrogen) atoms. The highest BCUT2D eigenvalue weighted by Crippen LogP contribution is 2.29. The molecule has 0 aliphatic rings. The van der Waals surface area contributed by atoms with E-state index < -0.39 is 0 Å². The van der Waals surface area contributed by atoms with E-state index in [0.717, 1.165) is 22.2 Å². The summed E-state index contributed by atoms with van der Waals surface area (Å²) >= 11 is 6.12. The molecular weight excluding hydrogens is 452 g/mol. The first-order valence-electron chi connectivity index (χ1n) is 10.7. The highest BCUT2D eigenvalue weighted by molar-refractivity contribution is 6.30. The van der Waals surface area contributed by atoms with Gasteiger partial charge >= 0.3 is 0 Å². The first kappa shape index (κ1) is 21.8. The van der Waals surface area contributed by atoms with Gasteiger partial charge in [-0.25, -0.2) is 9.97 Å². The highest BCUT2D eigenvalue weighted by atomic mass is 35.5. The number of hydrogen-bond donors (Lipinski definition) is 3. The van der Waals surface area contributed by atoms with Gasteiger partial charge in [-0.2, -0.15) is 9.90 Å². The molecule has 3 aromatic heterocycles. The van der Waals surface area contributed by atoms with Crippen molar-refractivity contribution in [2.24, 2.45) is 0 Å². The van der Waals surface area contributed by atoms with Crippen LogP contribution in [0.5, 0.6) is 0 Å². The summed E-state index contributed by atoms with van der Waals surface area (Å²) in [5.41, 5.74) is 3.15. The molecule has 0 saturated heterocycles. The van der Waals surface area contributed by atoms with Crippen LogP contribution in [0.15, 0.2) is 54.9 Å². The lowest BCUT2D eigenvalue weighted by molar-refractivity contribution is 0.306. The molecule has 0 saturated carbocycles. The van der Waals surface area contributed by atoms with Crippen molar-refractivity contribution in [3.63, 3.8) is 0 Å². The van der Waals surface area contributed by atoms with Gasteiger partial charge in [-0.3, -0.25) is 5.10 Å². The maximum atomic E-state index is 6.12. The Morgan fingerprint density at radius 3 is 2.68 bits per heavy atom. The molecule has 3 heterocycles. The van der Waals surface area contributed by atoms with E-state index in [1.807, 2.05) is 69.3 Å². The predicted molar refractivity (Wildman–Crippen MR) is 132 cm³/mol. The van der Waals surface area contributed by atoms with Crippen molar-refractivity contribution in [2.45, 2.75) is 32.9 Å². The number of nitrogens with zero attached hydrogens (tertiary/aromatic N) is 7. The summed E-state index contributed by atoms with van der Waals surface area (Å²) in [4.78, 5) is 10.3. The van der Waals surface area contributed by atoms with Crippen LogP contribution in [0.3, 0.4) is 0 Å². The molecule has 11 heteroatoms. The van der Waals surface area contributed by atoms with Crippen LogP contribution in [0.4, 0.5) is 17.3 Å². The van der Waals surface area contributed by atoms with E-state index in [2.05, 4.69) is 46.2 Å². The molecule has 0 aliphatic carbocycles. The molecule has 5 rings (SSSR count). The summed E-state index contributed by atoms with van der Waals surface area (Å²) in [6, 6.07) is 15.5. The zero-order chi connectivity index (χ0) is 23.7. The van der Waals surface area contributed by atoms with Gasteiger partial charge in [-0.15, -0.1) is 10.2 Å². The van der Waals surface area contributed by atoms with E-state index >= 15 is 0 Å². The summed E-state index contributed by atoms with van der Waals surface area (Å²) in [5, 5.41) is 28.3. The third kappa shape index (κ3) is 4.53. The fourth-order valence-electron chi connectivity index (χ4n) is 3.41. The van der Waals surface area contributed by atoms with Gasteiger partial charge in [-0.1, -0.05) is 35.9 Å². The normalized spacial score (nSPS) is 11.6. The Labute approximate surface area is 200 Å². The molecule has 0 bridgehead atoms. The number of rotatable bonds is 6. The van der Waals surface area contributed by atoms with Crippen molar-refractivity contribution in [1.82, 2.24) is 40.4 Å². The molecule has 0 atom stereocenters. The molecule has 2 aromatic carbocycles. The third-order valence-corrected chi connectivity index (χ3v) is 5.34. The molecule has 0 fully saturated rings. The maximum Gasteiger partial charge on any atom is 0.204 e. The monoisotopic (exact) mass is 474 g/mol. The lowest BCUT2D eigenvalue weighted by atomic mass is 10.1. The van der Waals surface area contributed by atoms with Crippen LogP contribution in [-0.4, -0.2) is 40.4 Å². The SMILES string of the molecule is CC(C)(C)n1nnc(-c2cccc(CNc3n[nH]c4ncnc(Nc5cccc(Cl)c5)c34)c2)n1. The second-order valence-electron chi connectivity index (χ2n) is 8.78. The molecule has 172 valence electrons. The van der Waals surface area contributed by atoms with Gasteiger partial charge in [0.05, 0.1) is 5.54 Å². The Bertz CT molecular complexity index is 1450. The summed E-state index contributed by atoms with van der Waals surface area (Å²) in [7, 11) is 0. The fourth-order valence-corrected chi connectivity index (χ4v) is 3.60. The summed E-state index contributed by atoms with van der Waals surface area (Å²) in [6.45, 7) is 6.64. The Morgan fingerprint density at radius 1 is 1.03 bits per heavy atom. The molecular formula is C23H23ClN10. The molecule has 5 aromatic rings. The molecule has 10 nitrogen and oxygen atoms in total. The minimum atomic E-state index is -0.232. The van der Waals surface area contributed by atoms with Gasteiger partial charge in [0.25, 0.3) is 0 Å². The number of H-pyrrole nitrogens is 1. The highest BCUT2D eigenvalue weighted by Gasteiger charge is 2.18. The van der Waals surface area contributed by atoms with E-state index in [1.165, 1.54) is 6.33 Å². The van der Waals surface area contributed by atoms with Crippen LogP contribution in [0.25, 0.3) is 22.4 Å². The van der Waals surface area contributed by atoms with Crippen LogP contribution >= 0.6 is 11.6 Å². The smallest absolute Gasteiger partial charge is 0.204 e. The van der Waals surface area contributed by atoms with E-state index in [0.29, 0.717) is 34.7 Å². The van der Waals surface area contributed by atoms with Gasteiger partial charge < -0.3 is 10.6 Å². The van der Waals surface area contributed by atoms with Crippen LogP contribution < -0.4 is 10.6 Å². The van der Waals surface area contributed by atoms with E-state index in [9.17, 15) is 0 Å². The number of hydrogen-bond acceptors (Lipinski definition) is 8. The number of tetrazole rings is 1. The van der Waals surface area contributed by atoms with Gasteiger partial charge in [0.1, 0.15) is 17.5 Å². The summed E-state index contributed by atoms with van der Waals surface area (Å²) in [5.74, 6) is 1.85. The van der Waals surface area contributed by atoms with E-state index in [1.54, 1.807) is 4.80 Å². The maximum absolute atomic E-state index is 6.12. The van der Waals surface area contributed by atoms with Gasteiger partial charge in [0.2, 0.25) is 5.82 Å². The predicted octanol–water partition coefficient (Wildman–Crippen LogP) is 4.77. The van der Waals surface area contributed by atoms with Crippen molar-refractivity contribution < 1.29 is 0 Å². The third-order valence-electron chi connectivity index (χ3n) is 5.10. The average molecular weight is 475 g/mol. The first-order valence-corrected chi connectivity index (χ1v) is 11.1. The van der Waals surface area contributed by atoms with E-state index in [-0.39, 0.29) is 5.54 Å². The van der Waals surface area contributed by atoms with E-state index in [4.69, 9.17) is 11.6 Å². The zero-order valence-corrected chi connectivity index (χ0v) is 19.7. The summed E-state index contributed by atoms with van der Waals surface area (Å²) in [6.07, 6.45) is 1.48. The van der Waals surface area contributed by atoms with Crippen molar-refractivity contribution >= 4 is 40.0 Å². The number of halogens is 1. The lowest BCUT2D eigenvalue weighted by Crippen LogP contribution is -2.24. The molecule has 3 N–H and O–H groups in total. The van der Waals surface area contributed by atoms with Crippen molar-refractivity contribution in [1.29, 1.82) is 0 Å². The van der Waals surface area contributed by atoms with Crippen molar-refractivity contribution in [2.75, 3.05) is 10.6 Å². The Balaban J connectivity index is 1.38. The first-order chi connectivity index (χ1) is 16.4. The summed E-state index contributed by atoms with van der Waals surface area (Å²) < 4.78 is 0. The van der Waals surface area contributed by atoms with Crippen LogP contribution in [0.2, 0.25) is 5.02 Å². The zero-order valence-electron chi connectivity index (χ0n) is 18.9. The van der Waals surface area contributed by atoms with Gasteiger partial charge in [0, 0.05) is 22.8 Å². The lowest BCUT2D eigenvalue weighted by Gasteiger charge is -2.15. The molecule has 0 spiro atoms. The largest absolute Gasteiger partial charge is 0.364 e. The number of anilines is 3. The topological polar surface area (TPSA) is 122 Å². The Hall–Kier alpha value is -4.05. The van der Waals surface area contributed by atoms with Crippen molar-refractivity contribution in [3.8, 4) is 11.4 Å². The minimum Gasteiger partial charge on any atom is -0.364 e. The Morgan fingerprint density at radius 2 is 1.88 bits per heavy atom. The average Bonchev–Trinajstić information content (AvgIpc) is 3.46. The molecule has 0 unspecified atom stereocenters. The minimum absolute atomic E-state index is 0.232. The number of fused-ring (bicyclic) bond motifs is 1. The van der Waals surface area contributed by atoms with Crippen molar-refractivity contribution in [3.05, 3.63) is 65.4 Å². The number of benzene rings is 2. The van der Waals surface area contributed by atoms with Gasteiger partial charge in [-0.05, 0) is 55.8 Å². The number of aromatic amines is 1. The second-order valence-corrected chi connectivity index (χ2v) is 9.22. The Kier molecular flexibility index (Phi) is 5.58. The quantitative estimate of drug-likeness (QED) is 0.321. The molecule has 0 aliphatic heterocycles. The fraction of sp³-hybridized carbons (Fsp3) is 0.217. The standard InChI is InChI=1S/C23H23ClN10/c1-23(2,3)34-32-19(31-33-34)15-7-4-6-14(10-15)12-25-21-18-20(26-13-27-22(18)30-29-21)28-17-9-5-8-16(24)11-17/h4-11,13H,12H2,1-3H3,(H3,25,26,27,28,29,30). The van der Waals surface area contributed by atoms with Crippen LogP contribution in [0.1, 0.15) is 26.3 Å². The van der Waals surface area contributed by atoms with Gasteiger partial charge in [0.15, 0.2) is 11.5 Å². The van der Waals surface area contributed by atoms with Crippen LogP contribution in [-0.2, 0) is 12.1 Å². The van der Waals surface area contributed by atoms with Crippen LogP contribution in [0, 0.1) is 0 Å².